The highest BCUT2D eigenvalue weighted by Crippen LogP contribution is 2.31. The Morgan fingerprint density at radius 3 is 2.33 bits per heavy atom. The normalized spacial score (nSPS) is 10.4. The second kappa shape index (κ2) is 8.09. The second-order valence-corrected chi connectivity index (χ2v) is 6.92. The lowest BCUT2D eigenvalue weighted by atomic mass is 10.1. The fourth-order valence-electron chi connectivity index (χ4n) is 2.71. The number of hydrogen-bond donors (Lipinski definition) is 2. The molecule has 1 aromatic heterocycles. The Morgan fingerprint density at radius 2 is 1.67 bits per heavy atom. The van der Waals surface area contributed by atoms with E-state index in [9.17, 15) is 4.79 Å². The zero-order chi connectivity index (χ0) is 19.4. The summed E-state index contributed by atoms with van der Waals surface area (Å²) < 4.78 is 10.5. The molecule has 1 heterocycles. The maximum Gasteiger partial charge on any atom is 0.275 e. The van der Waals surface area contributed by atoms with Crippen LogP contribution in [0.5, 0.6) is 11.5 Å². The number of nitrogens with zero attached hydrogens (tertiary/aromatic N) is 1. The van der Waals surface area contributed by atoms with E-state index in [0.29, 0.717) is 22.3 Å². The lowest BCUT2D eigenvalue weighted by Crippen LogP contribution is -2.12. The van der Waals surface area contributed by atoms with Crippen LogP contribution in [0.4, 0.5) is 16.5 Å². The second-order valence-electron chi connectivity index (χ2n) is 6.06. The van der Waals surface area contributed by atoms with Crippen LogP contribution in [0, 0.1) is 13.8 Å². The van der Waals surface area contributed by atoms with Gasteiger partial charge in [0.1, 0.15) is 5.69 Å². The van der Waals surface area contributed by atoms with Gasteiger partial charge in [-0.1, -0.05) is 6.07 Å². The van der Waals surface area contributed by atoms with Crippen molar-refractivity contribution in [3.63, 3.8) is 0 Å². The number of rotatable bonds is 6. The van der Waals surface area contributed by atoms with Gasteiger partial charge in [0, 0.05) is 22.8 Å². The van der Waals surface area contributed by atoms with Crippen molar-refractivity contribution in [2.75, 3.05) is 24.9 Å². The van der Waals surface area contributed by atoms with Gasteiger partial charge in [0.2, 0.25) is 0 Å². The van der Waals surface area contributed by atoms with E-state index in [2.05, 4.69) is 21.7 Å². The van der Waals surface area contributed by atoms with Gasteiger partial charge >= 0.3 is 0 Å². The molecule has 0 saturated heterocycles. The van der Waals surface area contributed by atoms with Crippen molar-refractivity contribution in [3.05, 3.63) is 58.6 Å². The molecule has 1 amide bonds. The predicted molar refractivity (Wildman–Crippen MR) is 109 cm³/mol. The fraction of sp³-hybridized carbons (Fsp3) is 0.200. The Bertz CT molecular complexity index is 949. The van der Waals surface area contributed by atoms with Crippen molar-refractivity contribution in [2.24, 2.45) is 0 Å². The summed E-state index contributed by atoms with van der Waals surface area (Å²) in [5.74, 6) is 1.03. The van der Waals surface area contributed by atoms with Crippen LogP contribution in [0.3, 0.4) is 0 Å². The summed E-state index contributed by atoms with van der Waals surface area (Å²) in [6, 6.07) is 11.4. The van der Waals surface area contributed by atoms with Gasteiger partial charge in [-0.25, -0.2) is 4.98 Å². The number of ether oxygens (including phenoxy) is 2. The highest BCUT2D eigenvalue weighted by atomic mass is 32.1. The van der Waals surface area contributed by atoms with Crippen LogP contribution < -0.4 is 20.1 Å². The number of aromatic nitrogens is 1. The molecule has 0 fully saturated rings. The van der Waals surface area contributed by atoms with Gasteiger partial charge in [0.05, 0.1) is 14.2 Å². The molecule has 3 aromatic rings. The van der Waals surface area contributed by atoms with Crippen molar-refractivity contribution in [1.29, 1.82) is 0 Å². The Balaban J connectivity index is 1.71. The molecule has 0 radical (unpaired) electrons. The minimum Gasteiger partial charge on any atom is -0.493 e. The van der Waals surface area contributed by atoms with Gasteiger partial charge in [-0.05, 0) is 49.2 Å². The van der Waals surface area contributed by atoms with Gasteiger partial charge in [-0.3, -0.25) is 4.79 Å². The quantitative estimate of drug-likeness (QED) is 0.641. The number of methoxy groups -OCH3 is 2. The topological polar surface area (TPSA) is 72.5 Å². The molecule has 3 rings (SSSR count). The van der Waals surface area contributed by atoms with Gasteiger partial charge in [0.15, 0.2) is 16.6 Å². The molecule has 6 nitrogen and oxygen atoms in total. The average Bonchev–Trinajstić information content (AvgIpc) is 3.09. The van der Waals surface area contributed by atoms with Crippen LogP contribution in [0.25, 0.3) is 0 Å². The van der Waals surface area contributed by atoms with Crippen molar-refractivity contribution in [2.45, 2.75) is 13.8 Å². The first-order valence-electron chi connectivity index (χ1n) is 8.32. The highest BCUT2D eigenvalue weighted by Gasteiger charge is 2.12. The number of thiazole rings is 1. The summed E-state index contributed by atoms with van der Waals surface area (Å²) in [4.78, 5) is 16.8. The van der Waals surface area contributed by atoms with Crippen LogP contribution in [0.1, 0.15) is 21.6 Å². The predicted octanol–water partition coefficient (Wildman–Crippen LogP) is 4.77. The van der Waals surface area contributed by atoms with Crippen LogP contribution >= 0.6 is 11.3 Å². The molecule has 7 heteroatoms. The van der Waals surface area contributed by atoms with Crippen molar-refractivity contribution in [1.82, 2.24) is 4.98 Å². The zero-order valence-electron chi connectivity index (χ0n) is 15.6. The lowest BCUT2D eigenvalue weighted by Gasteiger charge is -2.09. The maximum absolute atomic E-state index is 12.5. The minimum absolute atomic E-state index is 0.239. The molecule has 0 bridgehead atoms. The van der Waals surface area contributed by atoms with Crippen molar-refractivity contribution in [3.8, 4) is 11.5 Å². The summed E-state index contributed by atoms with van der Waals surface area (Å²) >= 11 is 1.36. The summed E-state index contributed by atoms with van der Waals surface area (Å²) in [7, 11) is 3.17. The van der Waals surface area contributed by atoms with Crippen LogP contribution in [0.2, 0.25) is 0 Å². The summed E-state index contributed by atoms with van der Waals surface area (Å²) in [6.07, 6.45) is 0. The zero-order valence-corrected chi connectivity index (χ0v) is 16.4. The van der Waals surface area contributed by atoms with Crippen LogP contribution in [0.15, 0.2) is 41.8 Å². The highest BCUT2D eigenvalue weighted by molar-refractivity contribution is 7.14. The number of aryl methyl sites for hydroxylation is 2. The molecule has 0 aliphatic heterocycles. The lowest BCUT2D eigenvalue weighted by molar-refractivity contribution is 0.102. The molecule has 0 unspecified atom stereocenters. The molecular formula is C20H21N3O3S. The number of nitrogens with one attached hydrogen (secondary N) is 2. The Labute approximate surface area is 162 Å². The molecule has 0 aliphatic rings. The Morgan fingerprint density at radius 1 is 0.963 bits per heavy atom. The summed E-state index contributed by atoms with van der Waals surface area (Å²) in [6.45, 7) is 3.99. The number of carbonyl (C=O) groups is 1. The van der Waals surface area contributed by atoms with Crippen LogP contribution in [-0.4, -0.2) is 25.1 Å². The SMILES string of the molecule is COc1ccc(Nc2nc(C(=O)Nc3cc(C)cc(C)c3)cs2)cc1OC. The Kier molecular flexibility index (Phi) is 5.61. The largest absolute Gasteiger partial charge is 0.493 e. The van der Waals surface area contributed by atoms with Crippen molar-refractivity contribution < 1.29 is 14.3 Å². The first-order chi connectivity index (χ1) is 13.0. The molecule has 2 aromatic carbocycles. The number of amides is 1. The van der Waals surface area contributed by atoms with Crippen molar-refractivity contribution >= 4 is 33.8 Å². The summed E-state index contributed by atoms with van der Waals surface area (Å²) in [5.41, 5.74) is 4.11. The van der Waals surface area contributed by atoms with Gasteiger partial charge < -0.3 is 20.1 Å². The maximum atomic E-state index is 12.5. The third-order valence-corrected chi connectivity index (χ3v) is 4.61. The average molecular weight is 383 g/mol. The fourth-order valence-corrected chi connectivity index (χ4v) is 3.43. The third kappa shape index (κ3) is 4.57. The Hall–Kier alpha value is -3.06. The smallest absolute Gasteiger partial charge is 0.275 e. The monoisotopic (exact) mass is 383 g/mol. The number of benzene rings is 2. The molecule has 0 aliphatic carbocycles. The molecule has 0 spiro atoms. The van der Waals surface area contributed by atoms with Gasteiger partial charge in [-0.2, -0.15) is 0 Å². The molecule has 0 atom stereocenters. The van der Waals surface area contributed by atoms with E-state index in [-0.39, 0.29) is 5.91 Å². The standard InChI is InChI=1S/C20H21N3O3S/c1-12-7-13(2)9-15(8-12)21-19(24)16-11-27-20(23-16)22-14-5-6-17(25-3)18(10-14)26-4/h5-11H,1-4H3,(H,21,24)(H,22,23). The first-order valence-corrected chi connectivity index (χ1v) is 9.20. The number of anilines is 3. The van der Waals surface area contributed by atoms with Crippen LogP contribution in [-0.2, 0) is 0 Å². The van der Waals surface area contributed by atoms with E-state index in [1.54, 1.807) is 19.6 Å². The van der Waals surface area contributed by atoms with E-state index in [1.165, 1.54) is 11.3 Å². The number of hydrogen-bond acceptors (Lipinski definition) is 6. The van der Waals surface area contributed by atoms with E-state index < -0.39 is 0 Å². The molecule has 140 valence electrons. The molecule has 2 N–H and O–H groups in total. The molecule has 27 heavy (non-hydrogen) atoms. The van der Waals surface area contributed by atoms with Gasteiger partial charge in [-0.15, -0.1) is 11.3 Å². The van der Waals surface area contributed by atoms with Gasteiger partial charge in [0.25, 0.3) is 5.91 Å². The number of carbonyl (C=O) groups excluding carboxylic acids is 1. The van der Waals surface area contributed by atoms with E-state index in [1.807, 2.05) is 44.2 Å². The molecular weight excluding hydrogens is 362 g/mol. The first kappa shape index (κ1) is 18.7. The van der Waals surface area contributed by atoms with E-state index >= 15 is 0 Å². The van der Waals surface area contributed by atoms with E-state index in [4.69, 9.17) is 9.47 Å². The molecule has 0 saturated carbocycles. The van der Waals surface area contributed by atoms with E-state index in [0.717, 1.165) is 22.5 Å². The summed E-state index contributed by atoms with van der Waals surface area (Å²) in [5, 5.41) is 8.41. The third-order valence-electron chi connectivity index (χ3n) is 3.85. The minimum atomic E-state index is -0.239.